The van der Waals surface area contributed by atoms with Gasteiger partial charge >= 0.3 is 0 Å². The van der Waals surface area contributed by atoms with E-state index in [2.05, 4.69) is 15.4 Å². The minimum Gasteiger partial charge on any atom is -0.495 e. The number of hydrogen-bond donors (Lipinski definition) is 2. The SMILES string of the molecule is COc1cc2c(cc1Nc1nc3ccc(-c4ccc(CC(=O)[C@H](N)c5ccc(C)cc5)cc4)cn3n1)CCS2(=O)=O. The molecule has 0 fully saturated rings. The number of fused-ring (bicyclic) bond motifs is 2. The van der Waals surface area contributed by atoms with Crippen LogP contribution in [0.15, 0.2) is 83.9 Å². The Bertz CT molecular complexity index is 1880. The van der Waals surface area contributed by atoms with Crippen molar-refractivity contribution in [1.82, 2.24) is 14.6 Å². The van der Waals surface area contributed by atoms with Gasteiger partial charge < -0.3 is 15.8 Å². The molecule has 0 saturated heterocycles. The molecule has 0 bridgehead atoms. The summed E-state index contributed by atoms with van der Waals surface area (Å²) in [4.78, 5) is 17.6. The number of methoxy groups -OCH3 is 1. The van der Waals surface area contributed by atoms with E-state index in [4.69, 9.17) is 10.5 Å². The second-order valence-electron chi connectivity index (χ2n) is 10.2. The lowest BCUT2D eigenvalue weighted by atomic mass is 9.96. The second-order valence-corrected chi connectivity index (χ2v) is 12.3. The van der Waals surface area contributed by atoms with Gasteiger partial charge in [0, 0.05) is 24.2 Å². The van der Waals surface area contributed by atoms with Gasteiger partial charge in [0.2, 0.25) is 5.95 Å². The quantitative estimate of drug-likeness (QED) is 0.278. The van der Waals surface area contributed by atoms with Gasteiger partial charge in [-0.25, -0.2) is 12.9 Å². The normalized spacial score (nSPS) is 14.5. The monoisotopic (exact) mass is 567 g/mol. The highest BCUT2D eigenvalue weighted by Gasteiger charge is 2.28. The number of ketones is 1. The molecule has 9 nitrogen and oxygen atoms in total. The molecule has 208 valence electrons. The van der Waals surface area contributed by atoms with Crippen molar-refractivity contribution in [3.63, 3.8) is 0 Å². The van der Waals surface area contributed by atoms with Gasteiger partial charge in [-0.1, -0.05) is 54.1 Å². The number of Topliss-reactive ketones (excluding diaryl/α,β-unsaturated/α-hetero) is 1. The molecule has 0 radical (unpaired) electrons. The van der Waals surface area contributed by atoms with E-state index >= 15 is 0 Å². The molecule has 6 rings (SSSR count). The van der Waals surface area contributed by atoms with E-state index in [1.54, 1.807) is 16.6 Å². The van der Waals surface area contributed by atoms with Crippen LogP contribution in [-0.4, -0.2) is 41.7 Å². The number of aromatic nitrogens is 3. The lowest BCUT2D eigenvalue weighted by Crippen LogP contribution is -2.23. The standard InChI is InChI=1S/C31H29N5O4S/c1-19-3-7-22(8-4-19)30(32)26(37)15-20-5-9-21(10-6-20)24-11-12-29-34-31(35-36(29)18-24)33-25-16-23-13-14-41(38,39)28(23)17-27(25)40-2/h3-12,16-18,30H,13-15,32H2,1-2H3,(H,33,35)/t30-/m1/s1. The lowest BCUT2D eigenvalue weighted by molar-refractivity contribution is -0.119. The largest absolute Gasteiger partial charge is 0.495 e. The van der Waals surface area contributed by atoms with E-state index in [0.717, 1.165) is 33.4 Å². The molecule has 2 aromatic heterocycles. The molecule has 5 aromatic rings. The Labute approximate surface area is 237 Å². The van der Waals surface area contributed by atoms with E-state index in [9.17, 15) is 13.2 Å². The minimum absolute atomic E-state index is 0.0349. The highest BCUT2D eigenvalue weighted by Crippen LogP contribution is 2.36. The molecule has 10 heteroatoms. The molecule has 3 aromatic carbocycles. The van der Waals surface area contributed by atoms with Crippen LogP contribution in [0.1, 0.15) is 28.3 Å². The summed E-state index contributed by atoms with van der Waals surface area (Å²) in [5.74, 6) is 0.835. The van der Waals surface area contributed by atoms with Crippen LogP contribution in [-0.2, 0) is 27.5 Å². The van der Waals surface area contributed by atoms with Crippen molar-refractivity contribution < 1.29 is 17.9 Å². The summed E-state index contributed by atoms with van der Waals surface area (Å²) in [5.41, 5.74) is 12.9. The van der Waals surface area contributed by atoms with Crippen molar-refractivity contribution >= 4 is 32.9 Å². The number of aryl methyl sites for hydroxylation is 2. The number of sulfone groups is 1. The van der Waals surface area contributed by atoms with Gasteiger partial charge in [-0.05, 0) is 53.8 Å². The minimum atomic E-state index is -3.27. The number of nitrogens with one attached hydrogen (secondary N) is 1. The van der Waals surface area contributed by atoms with Crippen LogP contribution in [0.3, 0.4) is 0 Å². The first-order valence-electron chi connectivity index (χ1n) is 13.2. The zero-order valence-electron chi connectivity index (χ0n) is 22.7. The Hall–Kier alpha value is -4.54. The fourth-order valence-corrected chi connectivity index (χ4v) is 6.58. The average molecular weight is 568 g/mol. The summed E-state index contributed by atoms with van der Waals surface area (Å²) in [6.45, 7) is 2.00. The second kappa shape index (κ2) is 10.5. The molecule has 1 aliphatic heterocycles. The van der Waals surface area contributed by atoms with Crippen LogP contribution in [0, 0.1) is 6.92 Å². The first-order valence-corrected chi connectivity index (χ1v) is 14.9. The first-order chi connectivity index (χ1) is 19.7. The maximum Gasteiger partial charge on any atom is 0.247 e. The maximum atomic E-state index is 12.8. The summed E-state index contributed by atoms with van der Waals surface area (Å²) in [6, 6.07) is 22.1. The van der Waals surface area contributed by atoms with Crippen molar-refractivity contribution in [2.24, 2.45) is 5.73 Å². The molecular weight excluding hydrogens is 538 g/mol. The third-order valence-corrected chi connectivity index (χ3v) is 9.18. The van der Waals surface area contributed by atoms with E-state index in [0.29, 0.717) is 34.3 Å². The van der Waals surface area contributed by atoms with Gasteiger partial charge in [0.1, 0.15) is 5.75 Å². The Morgan fingerprint density at radius 2 is 1.78 bits per heavy atom. The van der Waals surface area contributed by atoms with E-state index in [-0.39, 0.29) is 18.0 Å². The fourth-order valence-electron chi connectivity index (χ4n) is 5.02. The Morgan fingerprint density at radius 3 is 2.51 bits per heavy atom. The molecule has 3 N–H and O–H groups in total. The average Bonchev–Trinajstić information content (AvgIpc) is 3.51. The van der Waals surface area contributed by atoms with Crippen molar-refractivity contribution in [1.29, 1.82) is 0 Å². The predicted molar refractivity (Wildman–Crippen MR) is 157 cm³/mol. The number of carbonyl (C=O) groups is 1. The van der Waals surface area contributed by atoms with E-state index in [1.165, 1.54) is 7.11 Å². The predicted octanol–water partition coefficient (Wildman–Crippen LogP) is 4.60. The summed E-state index contributed by atoms with van der Waals surface area (Å²) in [6.07, 6.45) is 2.60. The molecule has 0 unspecified atom stereocenters. The summed E-state index contributed by atoms with van der Waals surface area (Å²) >= 11 is 0. The molecule has 0 aliphatic carbocycles. The van der Waals surface area contributed by atoms with Gasteiger partial charge in [-0.15, -0.1) is 5.10 Å². The summed E-state index contributed by atoms with van der Waals surface area (Å²) < 4.78 is 31.7. The Kier molecular flexibility index (Phi) is 6.80. The molecule has 0 amide bonds. The lowest BCUT2D eigenvalue weighted by Gasteiger charge is -2.12. The van der Waals surface area contributed by atoms with Crippen molar-refractivity contribution in [2.75, 3.05) is 18.2 Å². The van der Waals surface area contributed by atoms with Gasteiger partial charge in [0.15, 0.2) is 21.3 Å². The fraction of sp³-hybridized carbons (Fsp3) is 0.194. The maximum absolute atomic E-state index is 12.8. The van der Waals surface area contributed by atoms with E-state index in [1.807, 2.05) is 73.8 Å². The van der Waals surface area contributed by atoms with Gasteiger partial charge in [0.25, 0.3) is 0 Å². The Morgan fingerprint density at radius 1 is 1.05 bits per heavy atom. The zero-order chi connectivity index (χ0) is 28.7. The van der Waals surface area contributed by atoms with Gasteiger partial charge in [-0.3, -0.25) is 4.79 Å². The van der Waals surface area contributed by atoms with Crippen LogP contribution in [0.25, 0.3) is 16.8 Å². The third-order valence-electron chi connectivity index (χ3n) is 7.38. The number of nitrogens with two attached hydrogens (primary N) is 1. The molecule has 0 saturated carbocycles. The van der Waals surface area contributed by atoms with Crippen LogP contribution in [0.4, 0.5) is 11.6 Å². The number of carbonyl (C=O) groups excluding carboxylic acids is 1. The summed E-state index contributed by atoms with van der Waals surface area (Å²) in [5, 5.41) is 7.74. The number of ether oxygens (including phenoxy) is 1. The molecule has 1 atom stereocenters. The van der Waals surface area contributed by atoms with Crippen molar-refractivity contribution in [3.8, 4) is 16.9 Å². The molecule has 0 spiro atoms. The number of pyridine rings is 1. The third kappa shape index (κ3) is 5.31. The number of nitrogens with zero attached hydrogens (tertiary/aromatic N) is 3. The van der Waals surface area contributed by atoms with Crippen LogP contribution < -0.4 is 15.8 Å². The van der Waals surface area contributed by atoms with Gasteiger partial charge in [0.05, 0.1) is 29.5 Å². The summed E-state index contributed by atoms with van der Waals surface area (Å²) in [7, 11) is -1.77. The highest BCUT2D eigenvalue weighted by molar-refractivity contribution is 7.91. The molecule has 3 heterocycles. The van der Waals surface area contributed by atoms with Crippen molar-refractivity contribution in [2.45, 2.75) is 30.7 Å². The van der Waals surface area contributed by atoms with E-state index < -0.39 is 15.9 Å². The number of rotatable bonds is 8. The highest BCUT2D eigenvalue weighted by atomic mass is 32.2. The number of anilines is 2. The smallest absolute Gasteiger partial charge is 0.247 e. The van der Waals surface area contributed by atoms with Crippen LogP contribution >= 0.6 is 0 Å². The van der Waals surface area contributed by atoms with Gasteiger partial charge in [-0.2, -0.15) is 4.98 Å². The topological polar surface area (TPSA) is 129 Å². The van der Waals surface area contributed by atoms with Crippen molar-refractivity contribution in [3.05, 3.63) is 101 Å². The molecule has 41 heavy (non-hydrogen) atoms. The Balaban J connectivity index is 1.18. The molecule has 1 aliphatic rings. The zero-order valence-corrected chi connectivity index (χ0v) is 23.5. The number of hydrogen-bond acceptors (Lipinski definition) is 8. The van der Waals surface area contributed by atoms with Crippen LogP contribution in [0.2, 0.25) is 0 Å². The first kappa shape index (κ1) is 26.7. The number of benzene rings is 3. The molecular formula is C31H29N5O4S. The van der Waals surface area contributed by atoms with Crippen LogP contribution in [0.5, 0.6) is 5.75 Å².